The van der Waals surface area contributed by atoms with Crippen LogP contribution >= 0.6 is 15.9 Å². The maximum atomic E-state index is 5.41. The molecule has 1 rings (SSSR count). The molecule has 0 aliphatic carbocycles. The van der Waals surface area contributed by atoms with Crippen molar-refractivity contribution in [2.45, 2.75) is 52.1 Å². The lowest BCUT2D eigenvalue weighted by molar-refractivity contribution is 0.426. The van der Waals surface area contributed by atoms with Gasteiger partial charge in [0.1, 0.15) is 5.76 Å². The van der Waals surface area contributed by atoms with Crippen LogP contribution in [-0.2, 0) is 6.54 Å². The van der Waals surface area contributed by atoms with E-state index in [2.05, 4.69) is 35.1 Å². The summed E-state index contributed by atoms with van der Waals surface area (Å²) in [6.07, 6.45) is 5.18. The lowest BCUT2D eigenvalue weighted by atomic mass is 10.1. The highest BCUT2D eigenvalue weighted by atomic mass is 79.9. The Balaban J connectivity index is 2.13. The van der Waals surface area contributed by atoms with Crippen LogP contribution in [-0.4, -0.2) is 6.04 Å². The number of halogens is 1. The summed E-state index contributed by atoms with van der Waals surface area (Å²) in [4.78, 5) is 0. The van der Waals surface area contributed by atoms with Crippen LogP contribution in [0, 0.1) is 0 Å². The van der Waals surface area contributed by atoms with Gasteiger partial charge in [-0.25, -0.2) is 0 Å². The van der Waals surface area contributed by atoms with Gasteiger partial charge in [0.2, 0.25) is 0 Å². The predicted octanol–water partition coefficient (Wildman–Crippen LogP) is 4.10. The van der Waals surface area contributed by atoms with Crippen molar-refractivity contribution in [1.82, 2.24) is 5.32 Å². The standard InChI is InChI=1S/C12H20BrNO/c1-3-4-5-6-10(2)14-9-11-7-8-12(13)15-11/h7-8,10,14H,3-6,9H2,1-2H3. The van der Waals surface area contributed by atoms with Gasteiger partial charge in [-0.05, 0) is 41.4 Å². The maximum absolute atomic E-state index is 5.41. The summed E-state index contributed by atoms with van der Waals surface area (Å²) >= 11 is 3.30. The fourth-order valence-corrected chi connectivity index (χ4v) is 1.86. The van der Waals surface area contributed by atoms with Gasteiger partial charge < -0.3 is 9.73 Å². The summed E-state index contributed by atoms with van der Waals surface area (Å²) in [5.74, 6) is 0.990. The van der Waals surface area contributed by atoms with Gasteiger partial charge in [-0.15, -0.1) is 0 Å². The topological polar surface area (TPSA) is 25.2 Å². The lowest BCUT2D eigenvalue weighted by Crippen LogP contribution is -2.25. The van der Waals surface area contributed by atoms with E-state index in [0.717, 1.165) is 17.0 Å². The molecule has 0 amide bonds. The Hall–Kier alpha value is -0.280. The largest absolute Gasteiger partial charge is 0.453 e. The molecule has 15 heavy (non-hydrogen) atoms. The third-order valence-electron chi connectivity index (χ3n) is 2.49. The Morgan fingerprint density at radius 1 is 1.40 bits per heavy atom. The van der Waals surface area contributed by atoms with E-state index in [1.165, 1.54) is 25.7 Å². The minimum atomic E-state index is 0.570. The molecule has 1 N–H and O–H groups in total. The number of hydrogen-bond donors (Lipinski definition) is 1. The number of hydrogen-bond acceptors (Lipinski definition) is 2. The molecule has 0 saturated heterocycles. The fraction of sp³-hybridized carbons (Fsp3) is 0.667. The third-order valence-corrected chi connectivity index (χ3v) is 2.92. The molecule has 1 aromatic rings. The van der Waals surface area contributed by atoms with Crippen molar-refractivity contribution in [3.05, 3.63) is 22.6 Å². The number of nitrogens with one attached hydrogen (secondary N) is 1. The maximum Gasteiger partial charge on any atom is 0.169 e. The third kappa shape index (κ3) is 5.38. The van der Waals surface area contributed by atoms with Crippen LogP contribution < -0.4 is 5.32 Å². The quantitative estimate of drug-likeness (QED) is 0.757. The van der Waals surface area contributed by atoms with Gasteiger partial charge in [0.15, 0.2) is 4.67 Å². The molecule has 0 radical (unpaired) electrons. The average molecular weight is 274 g/mol. The fourth-order valence-electron chi connectivity index (χ4n) is 1.52. The Labute approximate surface area is 101 Å². The number of rotatable bonds is 7. The molecule has 1 aromatic heterocycles. The van der Waals surface area contributed by atoms with Crippen LogP contribution in [0.25, 0.3) is 0 Å². The normalized spacial score (nSPS) is 13.0. The Morgan fingerprint density at radius 2 is 2.20 bits per heavy atom. The lowest BCUT2D eigenvalue weighted by Gasteiger charge is -2.11. The second kappa shape index (κ2) is 7.07. The minimum absolute atomic E-state index is 0.570. The van der Waals surface area contributed by atoms with E-state index in [1.54, 1.807) is 0 Å². The molecular weight excluding hydrogens is 254 g/mol. The van der Waals surface area contributed by atoms with Crippen LogP contribution in [0.3, 0.4) is 0 Å². The molecular formula is C12H20BrNO. The summed E-state index contributed by atoms with van der Waals surface area (Å²) in [6, 6.07) is 4.50. The molecule has 86 valence electrons. The molecule has 0 aliphatic rings. The van der Waals surface area contributed by atoms with E-state index in [0.29, 0.717) is 6.04 Å². The first-order chi connectivity index (χ1) is 7.22. The number of unbranched alkanes of at least 4 members (excludes halogenated alkanes) is 2. The van der Waals surface area contributed by atoms with Crippen molar-refractivity contribution in [2.75, 3.05) is 0 Å². The molecule has 1 heterocycles. The van der Waals surface area contributed by atoms with Crippen molar-refractivity contribution < 1.29 is 4.42 Å². The van der Waals surface area contributed by atoms with Gasteiger partial charge in [0.25, 0.3) is 0 Å². The molecule has 0 aliphatic heterocycles. The van der Waals surface area contributed by atoms with Crippen molar-refractivity contribution in [2.24, 2.45) is 0 Å². The van der Waals surface area contributed by atoms with Crippen LogP contribution in [0.4, 0.5) is 0 Å². The predicted molar refractivity (Wildman–Crippen MR) is 66.9 cm³/mol. The summed E-state index contributed by atoms with van der Waals surface area (Å²) in [5, 5.41) is 3.46. The van der Waals surface area contributed by atoms with Crippen molar-refractivity contribution >= 4 is 15.9 Å². The molecule has 0 saturated carbocycles. The molecule has 0 spiro atoms. The average Bonchev–Trinajstić information content (AvgIpc) is 2.62. The summed E-state index contributed by atoms with van der Waals surface area (Å²) in [6.45, 7) is 5.28. The molecule has 0 bridgehead atoms. The molecule has 2 nitrogen and oxygen atoms in total. The first kappa shape index (κ1) is 12.8. The van der Waals surface area contributed by atoms with Crippen molar-refractivity contribution in [3.63, 3.8) is 0 Å². The summed E-state index contributed by atoms with van der Waals surface area (Å²) in [7, 11) is 0. The van der Waals surface area contributed by atoms with Gasteiger partial charge in [0, 0.05) is 6.04 Å². The molecule has 0 fully saturated rings. The zero-order valence-electron chi connectivity index (χ0n) is 9.55. The van der Waals surface area contributed by atoms with Crippen LogP contribution in [0.5, 0.6) is 0 Å². The van der Waals surface area contributed by atoms with E-state index in [-0.39, 0.29) is 0 Å². The Kier molecular flexibility index (Phi) is 6.03. The van der Waals surface area contributed by atoms with Crippen molar-refractivity contribution in [1.29, 1.82) is 0 Å². The first-order valence-corrected chi connectivity index (χ1v) is 6.49. The summed E-state index contributed by atoms with van der Waals surface area (Å²) in [5.41, 5.74) is 0. The van der Waals surface area contributed by atoms with Gasteiger partial charge in [-0.2, -0.15) is 0 Å². The minimum Gasteiger partial charge on any atom is -0.453 e. The van der Waals surface area contributed by atoms with Gasteiger partial charge in [0.05, 0.1) is 6.54 Å². The molecule has 0 aromatic carbocycles. The zero-order chi connectivity index (χ0) is 11.1. The zero-order valence-corrected chi connectivity index (χ0v) is 11.1. The van der Waals surface area contributed by atoms with E-state index >= 15 is 0 Å². The highest BCUT2D eigenvalue weighted by molar-refractivity contribution is 9.10. The monoisotopic (exact) mass is 273 g/mol. The van der Waals surface area contributed by atoms with E-state index in [9.17, 15) is 0 Å². The Bertz CT molecular complexity index is 272. The van der Waals surface area contributed by atoms with Gasteiger partial charge in [-0.1, -0.05) is 26.2 Å². The Morgan fingerprint density at radius 3 is 2.80 bits per heavy atom. The van der Waals surface area contributed by atoms with Crippen LogP contribution in [0.15, 0.2) is 21.2 Å². The number of furan rings is 1. The van der Waals surface area contributed by atoms with E-state index in [4.69, 9.17) is 4.42 Å². The smallest absolute Gasteiger partial charge is 0.169 e. The second-order valence-electron chi connectivity index (χ2n) is 3.98. The highest BCUT2D eigenvalue weighted by Crippen LogP contribution is 2.14. The van der Waals surface area contributed by atoms with Crippen LogP contribution in [0.1, 0.15) is 45.3 Å². The molecule has 3 heteroatoms. The van der Waals surface area contributed by atoms with Crippen LogP contribution in [0.2, 0.25) is 0 Å². The van der Waals surface area contributed by atoms with Gasteiger partial charge in [-0.3, -0.25) is 0 Å². The van der Waals surface area contributed by atoms with E-state index in [1.807, 2.05) is 12.1 Å². The molecule has 1 unspecified atom stereocenters. The van der Waals surface area contributed by atoms with Gasteiger partial charge >= 0.3 is 0 Å². The second-order valence-corrected chi connectivity index (χ2v) is 4.77. The summed E-state index contributed by atoms with van der Waals surface area (Å²) < 4.78 is 6.22. The van der Waals surface area contributed by atoms with E-state index < -0.39 is 0 Å². The highest BCUT2D eigenvalue weighted by Gasteiger charge is 2.03. The SMILES string of the molecule is CCCCCC(C)NCc1ccc(Br)o1. The first-order valence-electron chi connectivity index (χ1n) is 5.70. The van der Waals surface area contributed by atoms with Crippen molar-refractivity contribution in [3.8, 4) is 0 Å². The molecule has 1 atom stereocenters.